The highest BCUT2D eigenvalue weighted by atomic mass is 32.2. The first-order chi connectivity index (χ1) is 14.1. The topological polar surface area (TPSA) is 77.4 Å². The molecular weight excluding hydrogens is 388 g/mol. The van der Waals surface area contributed by atoms with Crippen molar-refractivity contribution in [1.82, 2.24) is 15.2 Å². The van der Waals surface area contributed by atoms with E-state index in [4.69, 9.17) is 9.47 Å². The molecular formula is C21H20N4O3S. The third-order valence-corrected chi connectivity index (χ3v) is 5.05. The van der Waals surface area contributed by atoms with E-state index in [-0.39, 0.29) is 5.91 Å². The van der Waals surface area contributed by atoms with Crippen LogP contribution in [0.1, 0.15) is 25.6 Å². The summed E-state index contributed by atoms with van der Waals surface area (Å²) in [6.45, 7) is 4.04. The highest BCUT2D eigenvalue weighted by Crippen LogP contribution is 2.43. The number of thioether (sulfide) groups is 1. The lowest BCUT2D eigenvalue weighted by molar-refractivity contribution is -0.118. The van der Waals surface area contributed by atoms with Crippen molar-refractivity contribution in [2.45, 2.75) is 25.2 Å². The van der Waals surface area contributed by atoms with Crippen LogP contribution in [0.2, 0.25) is 0 Å². The van der Waals surface area contributed by atoms with Gasteiger partial charge >= 0.3 is 0 Å². The second kappa shape index (κ2) is 8.08. The van der Waals surface area contributed by atoms with E-state index in [0.717, 1.165) is 16.9 Å². The van der Waals surface area contributed by atoms with E-state index < -0.39 is 6.23 Å². The molecule has 1 aliphatic rings. The maximum Gasteiger partial charge on any atom is 0.247 e. The third-order valence-electron chi connectivity index (χ3n) is 4.51. The van der Waals surface area contributed by atoms with Gasteiger partial charge in [-0.2, -0.15) is 4.98 Å². The van der Waals surface area contributed by atoms with Crippen LogP contribution in [0.25, 0.3) is 11.3 Å². The summed E-state index contributed by atoms with van der Waals surface area (Å²) in [5, 5.41) is 8.99. The third kappa shape index (κ3) is 3.63. The van der Waals surface area contributed by atoms with E-state index in [2.05, 4.69) is 15.2 Å². The Morgan fingerprint density at radius 2 is 1.93 bits per heavy atom. The van der Waals surface area contributed by atoms with Crippen LogP contribution in [0.5, 0.6) is 11.6 Å². The number of ether oxygens (including phenoxy) is 2. The van der Waals surface area contributed by atoms with Crippen molar-refractivity contribution in [3.63, 3.8) is 0 Å². The predicted molar refractivity (Wildman–Crippen MR) is 111 cm³/mol. The van der Waals surface area contributed by atoms with Gasteiger partial charge in [-0.1, -0.05) is 30.0 Å². The standard InChI is InChI=1S/C21H20N4O3S/c1-4-27-15-11-9-14(10-12-15)20-25(13(2)26)17-8-6-5-7-16(17)18-19(28-20)22-21(29-3)24-23-18/h5-12,20H,4H2,1-3H3/t20-/m1/s1. The van der Waals surface area contributed by atoms with E-state index in [1.54, 1.807) is 4.90 Å². The zero-order valence-electron chi connectivity index (χ0n) is 16.3. The lowest BCUT2D eigenvalue weighted by Crippen LogP contribution is -2.36. The molecule has 7 nitrogen and oxygen atoms in total. The summed E-state index contributed by atoms with van der Waals surface area (Å²) < 4.78 is 11.8. The number of nitrogens with zero attached hydrogens (tertiary/aromatic N) is 4. The highest BCUT2D eigenvalue weighted by Gasteiger charge is 2.34. The Kier molecular flexibility index (Phi) is 5.35. The van der Waals surface area contributed by atoms with Crippen molar-refractivity contribution in [3.8, 4) is 22.9 Å². The Balaban J connectivity index is 1.89. The largest absolute Gasteiger partial charge is 0.494 e. The summed E-state index contributed by atoms with van der Waals surface area (Å²) in [7, 11) is 0. The number of anilines is 1. The lowest BCUT2D eigenvalue weighted by atomic mass is 10.1. The van der Waals surface area contributed by atoms with Gasteiger partial charge in [-0.25, -0.2) is 0 Å². The summed E-state index contributed by atoms with van der Waals surface area (Å²) in [6, 6.07) is 15.1. The first-order valence-electron chi connectivity index (χ1n) is 9.19. The van der Waals surface area contributed by atoms with E-state index in [0.29, 0.717) is 29.0 Å². The number of carbonyl (C=O) groups is 1. The molecule has 1 aliphatic heterocycles. The quantitative estimate of drug-likeness (QED) is 0.601. The number of benzene rings is 2. The Morgan fingerprint density at radius 3 is 2.62 bits per heavy atom. The average molecular weight is 408 g/mol. The summed E-state index contributed by atoms with van der Waals surface area (Å²) in [5.41, 5.74) is 2.76. The molecule has 29 heavy (non-hydrogen) atoms. The van der Waals surface area contributed by atoms with Crippen molar-refractivity contribution in [1.29, 1.82) is 0 Å². The van der Waals surface area contributed by atoms with Gasteiger partial charge in [0.25, 0.3) is 0 Å². The number of hydrogen-bond acceptors (Lipinski definition) is 7. The Morgan fingerprint density at radius 1 is 1.17 bits per heavy atom. The fourth-order valence-corrected chi connectivity index (χ4v) is 3.55. The number of aromatic nitrogens is 3. The van der Waals surface area contributed by atoms with Gasteiger partial charge in [0, 0.05) is 18.1 Å². The average Bonchev–Trinajstić information content (AvgIpc) is 2.88. The Bertz CT molecular complexity index is 1040. The molecule has 0 fully saturated rings. The second-order valence-corrected chi connectivity index (χ2v) is 7.10. The van der Waals surface area contributed by atoms with Crippen LogP contribution in [0, 0.1) is 0 Å². The summed E-state index contributed by atoms with van der Waals surface area (Å²) in [6.07, 6.45) is 1.18. The molecule has 148 valence electrons. The van der Waals surface area contributed by atoms with Crippen molar-refractivity contribution in [3.05, 3.63) is 54.1 Å². The molecule has 0 saturated heterocycles. The highest BCUT2D eigenvalue weighted by molar-refractivity contribution is 7.98. The molecule has 4 rings (SSSR count). The zero-order chi connectivity index (χ0) is 20.4. The number of para-hydroxylation sites is 1. The lowest BCUT2D eigenvalue weighted by Gasteiger charge is -2.30. The Hall–Kier alpha value is -3.13. The van der Waals surface area contributed by atoms with Crippen molar-refractivity contribution in [2.75, 3.05) is 17.8 Å². The molecule has 0 bridgehead atoms. The molecule has 1 aromatic heterocycles. The van der Waals surface area contributed by atoms with E-state index in [9.17, 15) is 4.79 Å². The van der Waals surface area contributed by atoms with Crippen LogP contribution in [0.15, 0.2) is 53.7 Å². The molecule has 0 radical (unpaired) electrons. The van der Waals surface area contributed by atoms with Crippen molar-refractivity contribution >= 4 is 23.4 Å². The van der Waals surface area contributed by atoms with Crippen LogP contribution in [-0.2, 0) is 4.79 Å². The molecule has 3 aromatic rings. The number of hydrogen-bond donors (Lipinski definition) is 0. The molecule has 8 heteroatoms. The maximum absolute atomic E-state index is 12.7. The molecule has 1 amide bonds. The first kappa shape index (κ1) is 19.2. The number of fused-ring (bicyclic) bond motifs is 3. The van der Waals surface area contributed by atoms with Crippen LogP contribution >= 0.6 is 11.8 Å². The molecule has 0 saturated carbocycles. The van der Waals surface area contributed by atoms with Gasteiger partial charge in [0.15, 0.2) is 5.69 Å². The van der Waals surface area contributed by atoms with Crippen LogP contribution in [-0.4, -0.2) is 34.0 Å². The molecule has 2 aromatic carbocycles. The van der Waals surface area contributed by atoms with E-state index >= 15 is 0 Å². The normalized spacial score (nSPS) is 15.0. The van der Waals surface area contributed by atoms with Crippen molar-refractivity contribution in [2.24, 2.45) is 0 Å². The summed E-state index contributed by atoms with van der Waals surface area (Å²) >= 11 is 1.38. The van der Waals surface area contributed by atoms with Crippen LogP contribution < -0.4 is 14.4 Å². The van der Waals surface area contributed by atoms with E-state index in [1.807, 2.05) is 61.7 Å². The minimum Gasteiger partial charge on any atom is -0.494 e. The summed E-state index contributed by atoms with van der Waals surface area (Å²) in [5.74, 6) is 0.954. The van der Waals surface area contributed by atoms with Gasteiger partial charge < -0.3 is 9.47 Å². The van der Waals surface area contributed by atoms with Gasteiger partial charge in [-0.15, -0.1) is 10.2 Å². The molecule has 1 atom stereocenters. The van der Waals surface area contributed by atoms with Gasteiger partial charge in [0.1, 0.15) is 5.75 Å². The molecule has 0 unspecified atom stereocenters. The summed E-state index contributed by atoms with van der Waals surface area (Å²) in [4.78, 5) is 18.8. The molecule has 2 heterocycles. The number of amides is 1. The first-order valence-corrected chi connectivity index (χ1v) is 10.4. The minimum atomic E-state index is -0.697. The number of carbonyl (C=O) groups excluding carboxylic acids is 1. The van der Waals surface area contributed by atoms with E-state index in [1.165, 1.54) is 18.7 Å². The smallest absolute Gasteiger partial charge is 0.247 e. The minimum absolute atomic E-state index is 0.151. The SMILES string of the molecule is CCOc1ccc([C@H]2Oc3nc(SC)nnc3-c3ccccc3N2C(C)=O)cc1. The fourth-order valence-electron chi connectivity index (χ4n) is 3.25. The van der Waals surface area contributed by atoms with Crippen molar-refractivity contribution < 1.29 is 14.3 Å². The maximum atomic E-state index is 12.7. The van der Waals surface area contributed by atoms with Gasteiger partial charge in [-0.05, 0) is 43.5 Å². The van der Waals surface area contributed by atoms with Gasteiger partial charge in [0.05, 0.1) is 12.3 Å². The van der Waals surface area contributed by atoms with Gasteiger partial charge in [-0.3, -0.25) is 9.69 Å². The molecule has 0 aliphatic carbocycles. The molecule has 0 spiro atoms. The van der Waals surface area contributed by atoms with Gasteiger partial charge in [0.2, 0.25) is 23.2 Å². The molecule has 0 N–H and O–H groups in total. The zero-order valence-corrected chi connectivity index (χ0v) is 17.1. The number of rotatable bonds is 4. The second-order valence-electron chi connectivity index (χ2n) is 6.33. The predicted octanol–water partition coefficient (Wildman–Crippen LogP) is 4.10. The fraction of sp³-hybridized carbons (Fsp3) is 0.238. The Labute approximate surface area is 173 Å². The monoisotopic (exact) mass is 408 g/mol. The van der Waals surface area contributed by atoms with Crippen LogP contribution in [0.3, 0.4) is 0 Å². The van der Waals surface area contributed by atoms with Crippen LogP contribution in [0.4, 0.5) is 5.69 Å².